The Morgan fingerprint density at radius 1 is 1.00 bits per heavy atom. The van der Waals surface area contributed by atoms with Gasteiger partial charge in [0.25, 0.3) is 0 Å². The van der Waals surface area contributed by atoms with Crippen LogP contribution in [0.15, 0.2) is 42.5 Å². The number of hydrogen-bond donors (Lipinski definition) is 2. The van der Waals surface area contributed by atoms with Crippen molar-refractivity contribution >= 4 is 23.2 Å². The molecule has 138 valence electrons. The summed E-state index contributed by atoms with van der Waals surface area (Å²) in [6, 6.07) is 13.7. The van der Waals surface area contributed by atoms with E-state index in [0.29, 0.717) is 41.3 Å². The van der Waals surface area contributed by atoms with Crippen molar-refractivity contribution in [2.24, 2.45) is 5.41 Å². The number of ether oxygens (including phenoxy) is 2. The summed E-state index contributed by atoms with van der Waals surface area (Å²) in [6.45, 7) is 0. The van der Waals surface area contributed by atoms with E-state index in [1.165, 1.54) is 14.2 Å². The van der Waals surface area contributed by atoms with Gasteiger partial charge >= 0.3 is 0 Å². The van der Waals surface area contributed by atoms with E-state index in [-0.39, 0.29) is 0 Å². The normalized spacial score (nSPS) is 13.8. The molecule has 1 saturated carbocycles. The number of nitrogens with zero attached hydrogens (tertiary/aromatic N) is 1. The Kier molecular flexibility index (Phi) is 4.99. The molecule has 1 aliphatic carbocycles. The summed E-state index contributed by atoms with van der Waals surface area (Å²) in [7, 11) is 3.02. The third-order valence-electron chi connectivity index (χ3n) is 4.57. The summed E-state index contributed by atoms with van der Waals surface area (Å²) < 4.78 is 10.4. The van der Waals surface area contributed by atoms with Gasteiger partial charge in [0.15, 0.2) is 0 Å². The van der Waals surface area contributed by atoms with Gasteiger partial charge in [-0.1, -0.05) is 12.1 Å². The van der Waals surface area contributed by atoms with Crippen LogP contribution in [-0.2, 0) is 9.59 Å². The molecule has 0 heterocycles. The van der Waals surface area contributed by atoms with Gasteiger partial charge in [0.05, 0.1) is 31.2 Å². The summed E-state index contributed by atoms with van der Waals surface area (Å²) in [6.07, 6.45) is 0.872. The molecule has 2 aromatic rings. The maximum absolute atomic E-state index is 12.8. The zero-order valence-corrected chi connectivity index (χ0v) is 15.0. The van der Waals surface area contributed by atoms with E-state index < -0.39 is 17.2 Å². The first kappa shape index (κ1) is 18.3. The maximum Gasteiger partial charge on any atom is 0.240 e. The number of nitriles is 1. The molecule has 3 rings (SSSR count). The molecule has 27 heavy (non-hydrogen) atoms. The monoisotopic (exact) mass is 365 g/mol. The van der Waals surface area contributed by atoms with E-state index in [9.17, 15) is 9.59 Å². The zero-order valence-electron chi connectivity index (χ0n) is 15.0. The number of rotatable bonds is 6. The van der Waals surface area contributed by atoms with Gasteiger partial charge in [-0.2, -0.15) is 5.26 Å². The summed E-state index contributed by atoms with van der Waals surface area (Å²) in [5.41, 5.74) is 0.00863. The van der Waals surface area contributed by atoms with E-state index in [0.717, 1.165) is 0 Å². The van der Waals surface area contributed by atoms with Crippen molar-refractivity contribution in [3.05, 3.63) is 48.0 Å². The van der Waals surface area contributed by atoms with Crippen LogP contribution in [0, 0.1) is 16.7 Å². The van der Waals surface area contributed by atoms with Crippen molar-refractivity contribution < 1.29 is 19.1 Å². The molecule has 0 saturated heterocycles. The maximum atomic E-state index is 12.8. The van der Waals surface area contributed by atoms with E-state index in [4.69, 9.17) is 14.7 Å². The fraction of sp³-hybridized carbons (Fsp3) is 0.250. The molecule has 0 aromatic heterocycles. The van der Waals surface area contributed by atoms with Crippen LogP contribution < -0.4 is 20.1 Å². The van der Waals surface area contributed by atoms with Gasteiger partial charge in [0.2, 0.25) is 11.8 Å². The minimum Gasteiger partial charge on any atom is -0.497 e. The van der Waals surface area contributed by atoms with Gasteiger partial charge in [-0.05, 0) is 37.1 Å². The quantitative estimate of drug-likeness (QED) is 0.767. The van der Waals surface area contributed by atoms with Crippen LogP contribution in [-0.4, -0.2) is 26.0 Å². The average Bonchev–Trinajstić information content (AvgIpc) is 3.50. The first-order valence-corrected chi connectivity index (χ1v) is 8.38. The molecule has 1 aliphatic rings. The summed E-state index contributed by atoms with van der Waals surface area (Å²) in [5.74, 6) is 0.184. The second kappa shape index (κ2) is 7.38. The van der Waals surface area contributed by atoms with Crippen LogP contribution in [0.25, 0.3) is 0 Å². The van der Waals surface area contributed by atoms with E-state index in [1.807, 2.05) is 6.07 Å². The summed E-state index contributed by atoms with van der Waals surface area (Å²) >= 11 is 0. The number of nitrogens with one attached hydrogen (secondary N) is 2. The van der Waals surface area contributed by atoms with Gasteiger partial charge in [-0.15, -0.1) is 0 Å². The molecule has 2 N–H and O–H groups in total. The summed E-state index contributed by atoms with van der Waals surface area (Å²) in [5, 5.41) is 14.6. The Balaban J connectivity index is 1.79. The lowest BCUT2D eigenvalue weighted by Gasteiger charge is -2.17. The van der Waals surface area contributed by atoms with Crippen LogP contribution in [0.1, 0.15) is 18.4 Å². The topological polar surface area (TPSA) is 100 Å². The number of carbonyl (C=O) groups is 2. The molecular formula is C20H19N3O4. The molecule has 7 nitrogen and oxygen atoms in total. The van der Waals surface area contributed by atoms with E-state index in [1.54, 1.807) is 42.5 Å². The average molecular weight is 365 g/mol. The van der Waals surface area contributed by atoms with E-state index in [2.05, 4.69) is 10.6 Å². The second-order valence-electron chi connectivity index (χ2n) is 6.21. The van der Waals surface area contributed by atoms with Crippen LogP contribution >= 0.6 is 0 Å². The number of methoxy groups -OCH3 is 2. The van der Waals surface area contributed by atoms with Crippen molar-refractivity contribution in [1.29, 1.82) is 5.26 Å². The lowest BCUT2D eigenvalue weighted by atomic mass is 10.0. The van der Waals surface area contributed by atoms with Crippen molar-refractivity contribution in [2.45, 2.75) is 12.8 Å². The van der Waals surface area contributed by atoms with Crippen molar-refractivity contribution in [3.8, 4) is 17.6 Å². The Morgan fingerprint density at radius 3 is 2.26 bits per heavy atom. The third kappa shape index (κ3) is 3.55. The number of amides is 2. The Hall–Kier alpha value is -3.53. The number of para-hydroxylation sites is 1. The lowest BCUT2D eigenvalue weighted by Crippen LogP contribution is -2.35. The fourth-order valence-electron chi connectivity index (χ4n) is 2.77. The molecule has 0 aliphatic heterocycles. The van der Waals surface area contributed by atoms with E-state index >= 15 is 0 Å². The largest absolute Gasteiger partial charge is 0.497 e. The predicted molar refractivity (Wildman–Crippen MR) is 99.6 cm³/mol. The predicted octanol–water partition coefficient (Wildman–Crippen LogP) is 2.93. The standard InChI is InChI=1S/C20H19N3O4/c1-26-14-7-8-17(27-2)16(11-14)23-19(25)20(9-10-20)18(24)22-15-6-4-3-5-13(15)12-21/h3-8,11H,9-10H2,1-2H3,(H,22,24)(H,23,25). The van der Waals surface area contributed by atoms with Crippen LogP contribution in [0.4, 0.5) is 11.4 Å². The first-order valence-electron chi connectivity index (χ1n) is 8.38. The molecule has 0 bridgehead atoms. The van der Waals surface area contributed by atoms with Crippen molar-refractivity contribution in [1.82, 2.24) is 0 Å². The highest BCUT2D eigenvalue weighted by Crippen LogP contribution is 2.48. The lowest BCUT2D eigenvalue weighted by molar-refractivity contribution is -0.131. The second-order valence-corrected chi connectivity index (χ2v) is 6.21. The number of benzene rings is 2. The highest BCUT2D eigenvalue weighted by molar-refractivity contribution is 6.17. The Labute approximate surface area is 156 Å². The number of hydrogen-bond acceptors (Lipinski definition) is 5. The fourth-order valence-corrected chi connectivity index (χ4v) is 2.77. The van der Waals surface area contributed by atoms with Gasteiger partial charge in [-0.25, -0.2) is 0 Å². The smallest absolute Gasteiger partial charge is 0.240 e. The van der Waals surface area contributed by atoms with Crippen LogP contribution in [0.3, 0.4) is 0 Å². The minimum absolute atomic E-state index is 0.344. The highest BCUT2D eigenvalue weighted by Gasteiger charge is 2.56. The molecule has 7 heteroatoms. The molecule has 0 spiro atoms. The first-order chi connectivity index (χ1) is 13.0. The zero-order chi connectivity index (χ0) is 19.4. The van der Waals surface area contributed by atoms with Gasteiger partial charge < -0.3 is 20.1 Å². The van der Waals surface area contributed by atoms with Gasteiger partial charge in [-0.3, -0.25) is 9.59 Å². The third-order valence-corrected chi connectivity index (χ3v) is 4.57. The van der Waals surface area contributed by atoms with Crippen molar-refractivity contribution in [2.75, 3.05) is 24.9 Å². The summed E-state index contributed by atoms with van der Waals surface area (Å²) in [4.78, 5) is 25.6. The van der Waals surface area contributed by atoms with Gasteiger partial charge in [0, 0.05) is 6.07 Å². The Morgan fingerprint density at radius 2 is 1.67 bits per heavy atom. The molecule has 1 fully saturated rings. The molecular weight excluding hydrogens is 346 g/mol. The van der Waals surface area contributed by atoms with Crippen LogP contribution in [0.2, 0.25) is 0 Å². The Bertz CT molecular complexity index is 929. The van der Waals surface area contributed by atoms with Crippen molar-refractivity contribution in [3.63, 3.8) is 0 Å². The SMILES string of the molecule is COc1ccc(OC)c(NC(=O)C2(C(=O)Nc3ccccc3C#N)CC2)c1. The van der Waals surface area contributed by atoms with Crippen LogP contribution in [0.5, 0.6) is 11.5 Å². The molecule has 0 radical (unpaired) electrons. The molecule has 2 amide bonds. The number of anilines is 2. The minimum atomic E-state index is -1.16. The highest BCUT2D eigenvalue weighted by atomic mass is 16.5. The molecule has 0 atom stereocenters. The molecule has 0 unspecified atom stereocenters. The number of carbonyl (C=O) groups excluding carboxylic acids is 2. The van der Waals surface area contributed by atoms with Gasteiger partial charge in [0.1, 0.15) is 23.0 Å². The molecule has 2 aromatic carbocycles.